The Morgan fingerprint density at radius 2 is 1.69 bits per heavy atom. The highest BCUT2D eigenvalue weighted by molar-refractivity contribution is 8.13. The smallest absolute Gasteiger partial charge is 0.442 e. The predicted molar refractivity (Wildman–Crippen MR) is 230 cm³/mol. The van der Waals surface area contributed by atoms with Gasteiger partial charge in [0.05, 0.1) is 15.7 Å². The summed E-state index contributed by atoms with van der Waals surface area (Å²) in [6.07, 6.45) is 12.4. The van der Waals surface area contributed by atoms with E-state index in [9.17, 15) is 18.9 Å². The average Bonchev–Trinajstić information content (AvgIpc) is 3.55. The molecule has 4 rings (SSSR count). The second-order valence-corrected chi connectivity index (χ2v) is 18.6. The minimum Gasteiger partial charge on any atom is -0.480 e. The largest absolute Gasteiger partial charge is 0.480 e. The van der Waals surface area contributed by atoms with E-state index >= 15 is 0 Å². The highest BCUT2D eigenvalue weighted by Gasteiger charge is 2.24. The number of carboxylic acids is 1. The van der Waals surface area contributed by atoms with Crippen molar-refractivity contribution in [3.05, 3.63) is 80.2 Å². The van der Waals surface area contributed by atoms with Crippen LogP contribution < -0.4 is 21.0 Å². The summed E-state index contributed by atoms with van der Waals surface area (Å²) in [5.74, 6) is 2.27. The molecule has 58 heavy (non-hydrogen) atoms. The molecule has 0 aliphatic heterocycles. The van der Waals surface area contributed by atoms with Gasteiger partial charge in [0.2, 0.25) is 5.89 Å². The van der Waals surface area contributed by atoms with Gasteiger partial charge in [0, 0.05) is 41.7 Å². The third-order valence-corrected chi connectivity index (χ3v) is 10.3. The molecular formula is C39H49Cl3N5O9PS. The number of aromatic nitrogens is 4. The van der Waals surface area contributed by atoms with Crippen LogP contribution in [0.4, 0.5) is 4.79 Å². The number of nitrogens with zero attached hydrogens (tertiary/aromatic N) is 4. The number of nitrogens with two attached hydrogens (primary N) is 1. The van der Waals surface area contributed by atoms with E-state index in [-0.39, 0.29) is 39.7 Å². The summed E-state index contributed by atoms with van der Waals surface area (Å²) in [6.45, 7) is 9.08. The van der Waals surface area contributed by atoms with E-state index in [1.807, 2.05) is 51.1 Å². The van der Waals surface area contributed by atoms with E-state index < -0.39 is 30.6 Å². The first-order valence-corrected chi connectivity index (χ1v) is 22.6. The van der Waals surface area contributed by atoms with Gasteiger partial charge in [0.15, 0.2) is 18.3 Å². The number of benzene rings is 2. The maximum atomic E-state index is 12.1. The predicted octanol–water partition coefficient (Wildman–Crippen LogP) is 9.52. The molecule has 0 bridgehead atoms. The van der Waals surface area contributed by atoms with Crippen molar-refractivity contribution in [3.63, 3.8) is 0 Å². The number of aliphatic carboxylic acids is 1. The summed E-state index contributed by atoms with van der Waals surface area (Å²) in [5.41, 5.74) is 6.33. The normalized spacial score (nSPS) is 12.4. The molecule has 0 aliphatic rings. The molecule has 0 saturated heterocycles. The number of thioether (sulfide) groups is 1. The van der Waals surface area contributed by atoms with Crippen molar-refractivity contribution in [2.24, 2.45) is 5.73 Å². The first-order chi connectivity index (χ1) is 27.3. The lowest BCUT2D eigenvalue weighted by molar-refractivity contribution is -0.138. The summed E-state index contributed by atoms with van der Waals surface area (Å²) in [7, 11) is -3.10. The van der Waals surface area contributed by atoms with Crippen molar-refractivity contribution < 1.29 is 38.0 Å². The SMILES string of the molecule is C#CCOc1cc(-n2nc(C(C)(C)C)oc2=O)c(Cl)cc1Cl.CCCCCCCCSC(=O)Oc1cc(Cl)nnc1-c1ccccc1.CP(=O)(O)CCC(N)C(=O)O. The molecule has 4 N–H and O–H groups in total. The van der Waals surface area contributed by atoms with Gasteiger partial charge in [0.1, 0.15) is 24.1 Å². The summed E-state index contributed by atoms with van der Waals surface area (Å²) < 4.78 is 27.7. The van der Waals surface area contributed by atoms with Crippen molar-refractivity contribution in [1.29, 1.82) is 0 Å². The van der Waals surface area contributed by atoms with Crippen molar-refractivity contribution in [3.8, 4) is 40.8 Å². The zero-order chi connectivity index (χ0) is 43.5. The van der Waals surface area contributed by atoms with Crippen LogP contribution in [0.2, 0.25) is 15.2 Å². The van der Waals surface area contributed by atoms with Crippen molar-refractivity contribution in [1.82, 2.24) is 20.0 Å². The molecule has 2 aromatic carbocycles. The minimum atomic E-state index is -3.10. The van der Waals surface area contributed by atoms with Crippen molar-refractivity contribution >= 4 is 65.2 Å². The summed E-state index contributed by atoms with van der Waals surface area (Å²) in [6, 6.07) is 12.9. The van der Waals surface area contributed by atoms with Crippen LogP contribution >= 0.6 is 53.9 Å². The quantitative estimate of drug-likeness (QED) is 0.0414. The molecule has 0 amide bonds. The second kappa shape index (κ2) is 24.9. The van der Waals surface area contributed by atoms with Crippen LogP contribution in [0.15, 0.2) is 57.7 Å². The van der Waals surface area contributed by atoms with Crippen LogP contribution in [0.3, 0.4) is 0 Å². The Labute approximate surface area is 357 Å². The zero-order valence-electron chi connectivity index (χ0n) is 33.0. The summed E-state index contributed by atoms with van der Waals surface area (Å²) in [5, 5.41) is 20.8. The minimum absolute atomic E-state index is 0.0412. The summed E-state index contributed by atoms with van der Waals surface area (Å²) in [4.78, 5) is 43.0. The molecule has 4 aromatic rings. The highest BCUT2D eigenvalue weighted by atomic mass is 35.5. The molecule has 0 saturated carbocycles. The van der Waals surface area contributed by atoms with Crippen LogP contribution in [0.1, 0.15) is 78.5 Å². The lowest BCUT2D eigenvalue weighted by Gasteiger charge is -2.11. The Balaban J connectivity index is 0.000000322. The number of terminal acetylenes is 1. The molecule has 19 heteroatoms. The first kappa shape index (κ1) is 50.3. The van der Waals surface area contributed by atoms with Gasteiger partial charge >= 0.3 is 17.0 Å². The molecule has 2 aromatic heterocycles. The Morgan fingerprint density at radius 1 is 1.03 bits per heavy atom. The fourth-order valence-electron chi connectivity index (χ4n) is 4.53. The monoisotopic (exact) mass is 899 g/mol. The van der Waals surface area contributed by atoms with Gasteiger partial charge in [-0.3, -0.25) is 9.36 Å². The number of unbranched alkanes of at least 4 members (excludes halogenated alkanes) is 5. The topological polar surface area (TPSA) is 210 Å². The average molecular weight is 901 g/mol. The van der Waals surface area contributed by atoms with Gasteiger partial charge in [-0.25, -0.2) is 9.59 Å². The van der Waals surface area contributed by atoms with Gasteiger partial charge in [-0.2, -0.15) is 4.68 Å². The standard InChI is InChI=1S/C19H23ClN2O2S.C15H14Cl2N2O3.C5H12NO4P/c1-2-3-4-5-6-10-13-25-19(23)24-16-14-17(20)21-22-18(16)15-11-8-7-9-12-15;1-5-6-21-12-8-11(9(16)7-10(12)17)19-14(20)22-13(18-19)15(2,3)4;1-11(9,10)3-2-4(6)5(7)8/h7-9,11-12,14H,2-6,10,13H2,1H3;1,7-8H,6H2,2-4H3;4H,2-3,6H2,1H3,(H,7,8)(H,9,10). The Hall–Kier alpha value is -3.87. The molecule has 316 valence electrons. The molecule has 2 unspecified atom stereocenters. The maximum absolute atomic E-state index is 12.1. The molecule has 14 nitrogen and oxygen atoms in total. The van der Waals surface area contributed by atoms with Crippen molar-refractivity contribution in [2.45, 2.75) is 84.1 Å². The zero-order valence-corrected chi connectivity index (χ0v) is 36.9. The van der Waals surface area contributed by atoms with Crippen LogP contribution in [0.25, 0.3) is 16.9 Å². The van der Waals surface area contributed by atoms with Gasteiger partial charge < -0.3 is 29.6 Å². The molecule has 2 atom stereocenters. The highest BCUT2D eigenvalue weighted by Crippen LogP contribution is 2.36. The Morgan fingerprint density at radius 3 is 2.28 bits per heavy atom. The van der Waals surface area contributed by atoms with Crippen LogP contribution in [0.5, 0.6) is 11.5 Å². The fraction of sp³-hybridized carbons (Fsp3) is 0.436. The van der Waals surface area contributed by atoms with Gasteiger partial charge in [-0.1, -0.05) is 131 Å². The van der Waals surface area contributed by atoms with E-state index in [4.69, 9.17) is 70.9 Å². The number of ether oxygens (including phenoxy) is 2. The number of hydrogen-bond acceptors (Lipinski definition) is 12. The van der Waals surface area contributed by atoms with Crippen LogP contribution in [-0.4, -0.2) is 72.5 Å². The third kappa shape index (κ3) is 18.4. The molecule has 0 spiro atoms. The molecule has 0 aliphatic carbocycles. The first-order valence-electron chi connectivity index (χ1n) is 18.1. The number of carbonyl (C=O) groups is 2. The summed E-state index contributed by atoms with van der Waals surface area (Å²) >= 11 is 19.3. The molecule has 0 fully saturated rings. The van der Waals surface area contributed by atoms with E-state index in [1.54, 1.807) is 0 Å². The fourth-order valence-corrected chi connectivity index (χ4v) is 6.61. The lowest BCUT2D eigenvalue weighted by atomic mass is 9.97. The Kier molecular flexibility index (Phi) is 21.6. The van der Waals surface area contributed by atoms with Crippen LogP contribution in [0, 0.1) is 12.3 Å². The van der Waals surface area contributed by atoms with Gasteiger partial charge in [-0.15, -0.1) is 21.7 Å². The second-order valence-electron chi connectivity index (χ2n) is 13.8. The Bertz CT molecular complexity index is 2080. The number of carbonyl (C=O) groups excluding carboxylic acids is 1. The van der Waals surface area contributed by atoms with E-state index in [2.05, 4.69) is 28.1 Å². The molecular weight excluding hydrogens is 852 g/mol. The van der Waals surface area contributed by atoms with E-state index in [0.717, 1.165) is 28.8 Å². The molecule has 2 heterocycles. The molecule has 0 radical (unpaired) electrons. The van der Waals surface area contributed by atoms with E-state index in [0.29, 0.717) is 28.8 Å². The van der Waals surface area contributed by atoms with E-state index in [1.165, 1.54) is 62.3 Å². The lowest BCUT2D eigenvalue weighted by Crippen LogP contribution is -2.30. The number of hydrogen-bond donors (Lipinski definition) is 3. The number of carboxylic acid groups (broad SMARTS) is 1. The maximum Gasteiger partial charge on any atom is 0.442 e. The number of rotatable bonds is 16. The van der Waals surface area contributed by atoms with Crippen LogP contribution in [-0.2, 0) is 14.8 Å². The van der Waals surface area contributed by atoms with Gasteiger partial charge in [-0.05, 0) is 30.7 Å². The number of halogens is 3. The van der Waals surface area contributed by atoms with Crippen molar-refractivity contribution in [2.75, 3.05) is 25.2 Å². The van der Waals surface area contributed by atoms with Gasteiger partial charge in [0.25, 0.3) is 0 Å². The third-order valence-electron chi connectivity index (χ3n) is 7.59.